The van der Waals surface area contributed by atoms with Crippen molar-refractivity contribution in [3.05, 3.63) is 11.6 Å². The van der Waals surface area contributed by atoms with E-state index in [9.17, 15) is 14.7 Å². The highest BCUT2D eigenvalue weighted by atomic mass is 16.5. The molecular formula is C32H50O4. The summed E-state index contributed by atoms with van der Waals surface area (Å²) in [5, 5.41) is 10.5. The Labute approximate surface area is 219 Å². The number of rotatable bonds is 2. The van der Waals surface area contributed by atoms with Crippen LogP contribution >= 0.6 is 0 Å². The molecule has 0 heterocycles. The molecule has 0 bridgehead atoms. The van der Waals surface area contributed by atoms with Crippen LogP contribution in [0, 0.1) is 50.2 Å². The molecule has 0 spiro atoms. The second-order valence-corrected chi connectivity index (χ2v) is 15.6. The van der Waals surface area contributed by atoms with E-state index in [-0.39, 0.29) is 45.1 Å². The summed E-state index contributed by atoms with van der Waals surface area (Å²) >= 11 is 0. The number of ether oxygens (including phenoxy) is 1. The van der Waals surface area contributed by atoms with E-state index >= 15 is 0 Å². The highest BCUT2D eigenvalue weighted by molar-refractivity contribution is 5.76. The van der Waals surface area contributed by atoms with Gasteiger partial charge in [0, 0.05) is 12.3 Å². The normalized spacial score (nSPS) is 48.8. The molecule has 0 amide bonds. The maximum absolute atomic E-state index is 12.8. The zero-order chi connectivity index (χ0) is 26.5. The second-order valence-electron chi connectivity index (χ2n) is 15.6. The number of aliphatic carboxylic acids is 1. The molecule has 5 aliphatic carbocycles. The number of carboxylic acids is 1. The van der Waals surface area contributed by atoms with E-state index in [2.05, 4.69) is 54.5 Å². The van der Waals surface area contributed by atoms with Crippen LogP contribution in [-0.4, -0.2) is 23.1 Å². The quantitative estimate of drug-likeness (QED) is 0.311. The van der Waals surface area contributed by atoms with E-state index in [1.165, 1.54) is 12.0 Å². The fraction of sp³-hybridized carbons (Fsp3) is 0.875. The minimum Gasteiger partial charge on any atom is -0.481 e. The van der Waals surface area contributed by atoms with Crippen LogP contribution < -0.4 is 0 Å². The molecule has 0 saturated heterocycles. The fourth-order valence-corrected chi connectivity index (χ4v) is 11.0. The van der Waals surface area contributed by atoms with Gasteiger partial charge in [0.1, 0.15) is 6.10 Å². The molecule has 4 fully saturated rings. The van der Waals surface area contributed by atoms with Gasteiger partial charge in [-0.3, -0.25) is 9.59 Å². The minimum atomic E-state index is -0.574. The first-order chi connectivity index (χ1) is 16.5. The van der Waals surface area contributed by atoms with E-state index in [1.54, 1.807) is 6.92 Å². The predicted molar refractivity (Wildman–Crippen MR) is 142 cm³/mol. The van der Waals surface area contributed by atoms with Crippen LogP contribution in [-0.2, 0) is 14.3 Å². The molecule has 5 aliphatic rings. The van der Waals surface area contributed by atoms with Gasteiger partial charge in [-0.1, -0.05) is 60.1 Å². The summed E-state index contributed by atoms with van der Waals surface area (Å²) in [4.78, 5) is 24.7. The number of carboxylic acid groups (broad SMARTS) is 1. The zero-order valence-corrected chi connectivity index (χ0v) is 24.1. The van der Waals surface area contributed by atoms with Gasteiger partial charge in [0.2, 0.25) is 0 Å². The molecule has 0 aliphatic heterocycles. The number of allylic oxidation sites excluding steroid dienone is 2. The van der Waals surface area contributed by atoms with Crippen LogP contribution in [0.4, 0.5) is 0 Å². The molecule has 4 heteroatoms. The van der Waals surface area contributed by atoms with Crippen LogP contribution in [0.15, 0.2) is 11.6 Å². The molecule has 4 saturated carbocycles. The average Bonchev–Trinajstić information content (AvgIpc) is 2.75. The first-order valence-corrected chi connectivity index (χ1v) is 14.6. The summed E-state index contributed by atoms with van der Waals surface area (Å²) < 4.78 is 5.87. The Kier molecular flexibility index (Phi) is 5.74. The topological polar surface area (TPSA) is 63.6 Å². The number of carbonyl (C=O) groups is 2. The maximum Gasteiger partial charge on any atom is 0.310 e. The first-order valence-electron chi connectivity index (χ1n) is 14.6. The van der Waals surface area contributed by atoms with Crippen LogP contribution in [0.1, 0.15) is 120 Å². The molecule has 0 radical (unpaired) electrons. The standard InChI is InChI=1S/C32H50O4/c1-20(33)36-25-12-13-29(6)23(28(25,4)5)11-14-31(8)24(29)10-9-21-22-19-27(2,3)15-17-32(22,26(34)35)18-16-30(21,31)7/h9,22-25H,10-19H2,1-8H3,(H,34,35)/t22-,23-,24?,25-,29-,30-,31+,32-/m0/s1. The Morgan fingerprint density at radius 1 is 0.889 bits per heavy atom. The average molecular weight is 499 g/mol. The van der Waals surface area contributed by atoms with Gasteiger partial charge >= 0.3 is 11.9 Å². The highest BCUT2D eigenvalue weighted by Gasteiger charge is 2.69. The molecule has 0 aromatic rings. The highest BCUT2D eigenvalue weighted by Crippen LogP contribution is 2.75. The fourth-order valence-electron chi connectivity index (χ4n) is 11.0. The van der Waals surface area contributed by atoms with Crippen molar-refractivity contribution < 1.29 is 19.4 Å². The third-order valence-corrected chi connectivity index (χ3v) is 13.3. The van der Waals surface area contributed by atoms with Gasteiger partial charge < -0.3 is 9.84 Å². The van der Waals surface area contributed by atoms with Gasteiger partial charge in [-0.05, 0) is 104 Å². The Hall–Kier alpha value is -1.32. The van der Waals surface area contributed by atoms with E-state index in [4.69, 9.17) is 4.74 Å². The molecule has 4 nitrogen and oxygen atoms in total. The Bertz CT molecular complexity index is 992. The van der Waals surface area contributed by atoms with Crippen molar-refractivity contribution in [1.29, 1.82) is 0 Å². The number of hydrogen-bond acceptors (Lipinski definition) is 3. The summed E-state index contributed by atoms with van der Waals surface area (Å²) in [7, 11) is 0. The Morgan fingerprint density at radius 3 is 2.19 bits per heavy atom. The van der Waals surface area contributed by atoms with Gasteiger partial charge in [-0.25, -0.2) is 0 Å². The zero-order valence-electron chi connectivity index (χ0n) is 24.1. The van der Waals surface area contributed by atoms with Gasteiger partial charge in [-0.2, -0.15) is 0 Å². The van der Waals surface area contributed by atoms with Crippen molar-refractivity contribution >= 4 is 11.9 Å². The summed E-state index contributed by atoms with van der Waals surface area (Å²) in [6.07, 6.45) is 12.6. The summed E-state index contributed by atoms with van der Waals surface area (Å²) in [6, 6.07) is 0. The first kappa shape index (κ1) is 26.3. The molecule has 36 heavy (non-hydrogen) atoms. The summed E-state index contributed by atoms with van der Waals surface area (Å²) in [6.45, 7) is 18.5. The third-order valence-electron chi connectivity index (χ3n) is 13.3. The van der Waals surface area contributed by atoms with Crippen LogP contribution in [0.5, 0.6) is 0 Å². The van der Waals surface area contributed by atoms with Crippen molar-refractivity contribution in [2.45, 2.75) is 126 Å². The SMILES string of the molecule is CC(=O)O[C@H]1CC[C@]2(C)C3CC=C4[C@@H]5CC(C)(C)CC[C@]5(C(=O)O)CC[C@]4(C)[C@]3(C)CC[C@H]2C1(C)C. The number of fused-ring (bicyclic) bond motifs is 7. The van der Waals surface area contributed by atoms with Crippen LogP contribution in [0.25, 0.3) is 0 Å². The second kappa shape index (κ2) is 7.85. The van der Waals surface area contributed by atoms with Crippen LogP contribution in [0.3, 0.4) is 0 Å². The summed E-state index contributed by atoms with van der Waals surface area (Å²) in [5.74, 6) is 0.546. The molecule has 0 aromatic carbocycles. The number of esters is 1. The maximum atomic E-state index is 12.8. The van der Waals surface area contributed by atoms with Crippen molar-refractivity contribution in [3.8, 4) is 0 Å². The lowest BCUT2D eigenvalue weighted by molar-refractivity contribution is -0.213. The molecule has 1 N–H and O–H groups in total. The largest absolute Gasteiger partial charge is 0.481 e. The van der Waals surface area contributed by atoms with Gasteiger partial charge in [0.15, 0.2) is 0 Å². The monoisotopic (exact) mass is 498 g/mol. The molecule has 5 rings (SSSR count). The number of hydrogen-bond donors (Lipinski definition) is 1. The lowest BCUT2D eigenvalue weighted by Gasteiger charge is -2.71. The van der Waals surface area contributed by atoms with E-state index < -0.39 is 11.4 Å². The van der Waals surface area contributed by atoms with Crippen LogP contribution in [0.2, 0.25) is 0 Å². The minimum absolute atomic E-state index is 0.00181. The lowest BCUT2D eigenvalue weighted by Crippen LogP contribution is -2.65. The molecule has 8 atom stereocenters. The van der Waals surface area contributed by atoms with Gasteiger partial charge in [-0.15, -0.1) is 0 Å². The predicted octanol–water partition coefficient (Wildman–Crippen LogP) is 7.80. The van der Waals surface area contributed by atoms with E-state index in [0.717, 1.165) is 57.8 Å². The van der Waals surface area contributed by atoms with Crippen molar-refractivity contribution in [3.63, 3.8) is 0 Å². The molecule has 202 valence electrons. The van der Waals surface area contributed by atoms with Gasteiger partial charge in [0.25, 0.3) is 0 Å². The van der Waals surface area contributed by atoms with Gasteiger partial charge in [0.05, 0.1) is 5.41 Å². The number of carbonyl (C=O) groups excluding carboxylic acids is 1. The Balaban J connectivity index is 1.55. The van der Waals surface area contributed by atoms with E-state index in [1.807, 2.05) is 0 Å². The van der Waals surface area contributed by atoms with Crippen molar-refractivity contribution in [2.24, 2.45) is 50.2 Å². The molecule has 1 unspecified atom stereocenters. The van der Waals surface area contributed by atoms with E-state index in [0.29, 0.717) is 11.8 Å². The van der Waals surface area contributed by atoms with Crippen molar-refractivity contribution in [1.82, 2.24) is 0 Å². The molecular weight excluding hydrogens is 448 g/mol. The third kappa shape index (κ3) is 3.30. The lowest BCUT2D eigenvalue weighted by atomic mass is 9.33. The molecule has 0 aromatic heterocycles. The smallest absolute Gasteiger partial charge is 0.310 e. The van der Waals surface area contributed by atoms with Crippen molar-refractivity contribution in [2.75, 3.05) is 0 Å². The summed E-state index contributed by atoms with van der Waals surface area (Å²) in [5.41, 5.74) is 1.50. The Morgan fingerprint density at radius 2 is 1.56 bits per heavy atom.